The number of carboxylic acids is 1. The number of carbonyl (C=O) groups is 10. The summed E-state index contributed by atoms with van der Waals surface area (Å²) in [6.07, 6.45) is 29.1. The minimum atomic E-state index is -4.78. The van der Waals surface area contributed by atoms with Gasteiger partial charge in [0.25, 0.3) is 5.96 Å². The maximum atomic E-state index is 14.4. The number of nitrogens with zero attached hydrogens (tertiary/aromatic N) is 4. The van der Waals surface area contributed by atoms with Crippen LogP contribution in [0, 0.1) is 10.1 Å². The first-order valence-electron chi connectivity index (χ1n) is 38.3. The number of carboxylic acid groups (broad SMARTS) is 1. The van der Waals surface area contributed by atoms with Crippen molar-refractivity contribution in [1.82, 2.24) is 41.7 Å². The summed E-state index contributed by atoms with van der Waals surface area (Å²) in [6, 6.07) is -6.37. The van der Waals surface area contributed by atoms with E-state index in [0.29, 0.717) is 38.5 Å². The predicted octanol–water partition coefficient (Wildman–Crippen LogP) is 6.85. The highest BCUT2D eigenvalue weighted by Gasteiger charge is 2.44. The normalized spacial score (nSPS) is 16.5. The lowest BCUT2D eigenvalue weighted by atomic mass is 10.0. The minimum Gasteiger partial charge on any atom is -0.480 e. The van der Waals surface area contributed by atoms with Crippen molar-refractivity contribution in [3.63, 3.8) is 0 Å². The molecule has 7 amide bonds. The van der Waals surface area contributed by atoms with Crippen molar-refractivity contribution in [1.29, 1.82) is 0 Å². The van der Waals surface area contributed by atoms with Crippen LogP contribution in [0.2, 0.25) is 0 Å². The van der Waals surface area contributed by atoms with Crippen LogP contribution in [0.3, 0.4) is 0 Å². The summed E-state index contributed by atoms with van der Waals surface area (Å²) >= 11 is 0. The number of hydrazone groups is 1. The molecule has 0 bridgehead atoms. The topological polar surface area (TPSA) is 472 Å². The van der Waals surface area contributed by atoms with Crippen LogP contribution < -0.4 is 43.4 Å². The number of nitro groups is 1. The monoisotopic (exact) mass is 1490 g/mol. The third kappa shape index (κ3) is 44.1. The van der Waals surface area contributed by atoms with E-state index in [4.69, 9.17) is 30.0 Å². The van der Waals surface area contributed by atoms with E-state index >= 15 is 0 Å². The number of aliphatic hydroxyl groups excluding tert-OH is 1. The molecule has 13 N–H and O–H groups in total. The second-order valence-corrected chi connectivity index (χ2v) is 28.5. The van der Waals surface area contributed by atoms with Crippen molar-refractivity contribution >= 4 is 73.0 Å². The summed E-state index contributed by atoms with van der Waals surface area (Å²) in [5, 5.41) is 47.8. The highest BCUT2D eigenvalue weighted by Crippen LogP contribution is 2.43. The second kappa shape index (κ2) is 56.7. The van der Waals surface area contributed by atoms with Gasteiger partial charge >= 0.3 is 25.7 Å². The molecular weight excluding hydrogens is 1360 g/mol. The van der Waals surface area contributed by atoms with Crippen LogP contribution in [0.25, 0.3) is 0 Å². The van der Waals surface area contributed by atoms with E-state index in [1.165, 1.54) is 126 Å². The molecule has 32 nitrogen and oxygen atoms in total. The zero-order valence-corrected chi connectivity index (χ0v) is 62.8. The van der Waals surface area contributed by atoms with Crippen LogP contribution in [0.4, 0.5) is 0 Å². The number of ether oxygens (including phenoxy) is 2. The van der Waals surface area contributed by atoms with Crippen LogP contribution in [-0.2, 0) is 71.0 Å². The Kier molecular flexibility index (Phi) is 51.0. The van der Waals surface area contributed by atoms with Crippen molar-refractivity contribution in [2.24, 2.45) is 16.6 Å². The van der Waals surface area contributed by atoms with Gasteiger partial charge in [-0.2, -0.15) is 0 Å². The summed E-state index contributed by atoms with van der Waals surface area (Å²) in [4.78, 5) is 156. The highest BCUT2D eigenvalue weighted by atomic mass is 31.2. The first kappa shape index (κ1) is 92.5. The van der Waals surface area contributed by atoms with E-state index in [1.54, 1.807) is 0 Å². The molecule has 592 valence electrons. The van der Waals surface area contributed by atoms with E-state index in [9.17, 15) is 77.7 Å². The van der Waals surface area contributed by atoms with E-state index in [-0.39, 0.29) is 96.9 Å². The Bertz CT molecular complexity index is 2590. The number of guanidine groups is 1. The van der Waals surface area contributed by atoms with Gasteiger partial charge in [0.1, 0.15) is 41.9 Å². The number of unbranched alkanes of at least 4 members (excludes halogenated alkanes) is 25. The molecule has 2 rings (SSSR count). The van der Waals surface area contributed by atoms with Crippen molar-refractivity contribution in [3.05, 3.63) is 10.1 Å². The first-order valence-corrected chi connectivity index (χ1v) is 39.8. The average Bonchev–Trinajstić information content (AvgIpc) is 1.68. The number of amides is 7. The molecule has 0 spiro atoms. The maximum Gasteiger partial charge on any atom is 0.472 e. The van der Waals surface area contributed by atoms with Gasteiger partial charge in [-0.1, -0.05) is 168 Å². The Labute approximate surface area is 609 Å². The van der Waals surface area contributed by atoms with E-state index in [2.05, 4.69) is 50.8 Å². The van der Waals surface area contributed by atoms with Crippen LogP contribution in [0.1, 0.15) is 278 Å². The molecule has 0 aromatic heterocycles. The van der Waals surface area contributed by atoms with Crippen molar-refractivity contribution in [2.75, 3.05) is 59.1 Å². The number of esters is 2. The molecule has 0 aliphatic carbocycles. The fourth-order valence-electron chi connectivity index (χ4n) is 12.3. The fraction of sp³-hybridized carbons (Fsp3) is 0.843. The Morgan fingerprint density at radius 1 is 0.592 bits per heavy atom. The number of hydrogen-bond acceptors (Lipinski definition) is 19. The van der Waals surface area contributed by atoms with Gasteiger partial charge in [-0.05, 0) is 90.5 Å². The molecular formula is C70H127N12O20P. The van der Waals surface area contributed by atoms with Gasteiger partial charge in [-0.3, -0.25) is 52.2 Å². The third-order valence-corrected chi connectivity index (χ3v) is 19.1. The summed E-state index contributed by atoms with van der Waals surface area (Å²) in [6.45, 7) is 3.82. The Balaban J connectivity index is 1.86. The predicted molar refractivity (Wildman–Crippen MR) is 386 cm³/mol. The summed E-state index contributed by atoms with van der Waals surface area (Å²) in [5.41, 5.74) is 11.1. The Hall–Kier alpha value is -6.60. The van der Waals surface area contributed by atoms with Crippen LogP contribution >= 0.6 is 7.82 Å². The van der Waals surface area contributed by atoms with Crippen molar-refractivity contribution < 1.29 is 91.2 Å². The lowest BCUT2D eigenvalue weighted by Gasteiger charge is -2.33. The molecule has 0 saturated carbocycles. The second-order valence-electron chi connectivity index (χ2n) is 27.1. The van der Waals surface area contributed by atoms with Gasteiger partial charge < -0.3 is 77.7 Å². The molecule has 8 unspecified atom stereocenters. The number of carbonyl (C=O) groups excluding carboxylic acids is 9. The van der Waals surface area contributed by atoms with Gasteiger partial charge in [0.15, 0.2) is 11.1 Å². The first-order chi connectivity index (χ1) is 49.4. The number of nitrogens with two attached hydrogens (primary N) is 2. The number of nitrogens with one attached hydrogen (secondary N) is 6. The molecule has 8 atom stereocenters. The van der Waals surface area contributed by atoms with Crippen LogP contribution in [0.5, 0.6) is 0 Å². The number of phosphoric ester groups is 1. The summed E-state index contributed by atoms with van der Waals surface area (Å²) < 4.78 is 34.2. The molecule has 0 aromatic carbocycles. The van der Waals surface area contributed by atoms with E-state index < -0.39 is 147 Å². The highest BCUT2D eigenvalue weighted by molar-refractivity contribution is 7.47. The average molecular weight is 1490 g/mol. The molecule has 103 heavy (non-hydrogen) atoms. The smallest absolute Gasteiger partial charge is 0.472 e. The van der Waals surface area contributed by atoms with Gasteiger partial charge in [0.05, 0.1) is 25.9 Å². The summed E-state index contributed by atoms with van der Waals surface area (Å²) in [7, 11) is -4.78. The quantitative estimate of drug-likeness (QED) is 0.00564. The van der Waals surface area contributed by atoms with Gasteiger partial charge in [0, 0.05) is 51.9 Å². The fourth-order valence-corrected chi connectivity index (χ4v) is 13.1. The molecule has 2 fully saturated rings. The molecule has 2 heterocycles. The number of phosphoric acid groups is 1. The van der Waals surface area contributed by atoms with Crippen LogP contribution in [0.15, 0.2) is 5.10 Å². The number of rotatable bonds is 62. The minimum absolute atomic E-state index is 0.00957. The van der Waals surface area contributed by atoms with Crippen molar-refractivity contribution in [2.45, 2.75) is 320 Å². The van der Waals surface area contributed by atoms with Gasteiger partial charge in [0.2, 0.25) is 41.4 Å². The van der Waals surface area contributed by atoms with Crippen LogP contribution in [-0.4, -0.2) is 197 Å². The largest absolute Gasteiger partial charge is 0.480 e. The van der Waals surface area contributed by atoms with Gasteiger partial charge in [-0.25, -0.2) is 19.5 Å². The lowest BCUT2D eigenvalue weighted by Crippen LogP contribution is -2.60. The lowest BCUT2D eigenvalue weighted by molar-refractivity contribution is -0.485. The van der Waals surface area contributed by atoms with E-state index in [0.717, 1.165) is 44.9 Å². The Morgan fingerprint density at radius 2 is 1.11 bits per heavy atom. The number of hydrogen-bond donors (Lipinski definition) is 11. The molecule has 2 aliphatic rings. The molecule has 33 heteroatoms. The standard InChI is InChI=1S/C70H127N12O20P/c1-4-6-8-10-12-14-16-18-20-22-24-26-28-42-62(87)99-51-54(102-63(88)43-29-27-25-23-21-19-17-15-13-11-9-7-5-2)52-101-103(97,98)100-49-46-73-59(84)40-32-41-60(85)75-50-61(86)78-64(53(3)83)66(90)76-55(36-30-31-44-71)67(91)81-48-35-39-58(81)68(92)80-47-34-38-57(80)65(89)77-56(69(93)94)37-33-45-74-70(72)79-82(95)96/h53-58,64,83H,4-52,71H2,1-3H3,(H,73,84)(H,75,85)(H,76,90)(H,77,89)(H,78,86)(H,93,94)(H,97,98)(H3,72,74,79). The SMILES string of the molecule is CCCCCCCCCCCCCCCC(=O)OCC(COP(=O)(O)OCCNC(=O)CCCC(=O)NCC(=O)NC(C(=O)NC(CCCCN)C(=O)N1CCCC1C(=O)N1CCCC1C(=O)NC(CCCN/C(N)=N\[N+](=O)[O-])C(=O)O)C(C)O)OC(=O)CCCCCCCCCCCCCCC. The summed E-state index contributed by atoms with van der Waals surface area (Å²) in [5.74, 6) is -7.82. The Morgan fingerprint density at radius 3 is 1.64 bits per heavy atom. The molecule has 2 saturated heterocycles. The zero-order valence-electron chi connectivity index (χ0n) is 61.9. The number of aliphatic carboxylic acids is 1. The maximum absolute atomic E-state index is 14.4. The molecule has 2 aliphatic heterocycles. The third-order valence-electron chi connectivity index (χ3n) is 18.1. The molecule has 0 aromatic rings. The van der Waals surface area contributed by atoms with E-state index in [1.807, 2.05) is 0 Å². The van der Waals surface area contributed by atoms with Crippen molar-refractivity contribution in [3.8, 4) is 0 Å². The number of aliphatic hydroxyl groups is 1. The molecule has 0 radical (unpaired) electrons. The zero-order chi connectivity index (χ0) is 76.1. The number of likely N-dealkylation sites (tertiary alicyclic amines) is 2. The van der Waals surface area contributed by atoms with Gasteiger partial charge in [-0.15, -0.1) is 0 Å².